The topological polar surface area (TPSA) is 54.4 Å². The van der Waals surface area contributed by atoms with Crippen LogP contribution < -0.4 is 0 Å². The third-order valence-electron chi connectivity index (χ3n) is 2.17. The summed E-state index contributed by atoms with van der Waals surface area (Å²) in [5.74, 6) is 0.167. The second-order valence-corrected chi connectivity index (χ2v) is 6.70. The molecule has 5 atom stereocenters. The molecule has 1 aliphatic heterocycles. The van der Waals surface area contributed by atoms with Crippen LogP contribution in [0.25, 0.3) is 0 Å². The van der Waals surface area contributed by atoms with Crippen LogP contribution >= 0.6 is 0 Å². The Morgan fingerprint density at radius 1 is 1.43 bits per heavy atom. The Balaban J connectivity index is 2.82. The van der Waals surface area contributed by atoms with Gasteiger partial charge in [-0.3, -0.25) is 8.42 Å². The number of aliphatic hydroxyl groups excluding tert-OH is 1. The van der Waals surface area contributed by atoms with Crippen LogP contribution in [0.15, 0.2) is 25.3 Å². The van der Waals surface area contributed by atoms with Crippen molar-refractivity contribution in [2.75, 3.05) is 5.75 Å². The first kappa shape index (κ1) is 11.8. The molecule has 0 aromatic carbocycles. The third-order valence-corrected chi connectivity index (χ3v) is 6.36. The minimum atomic E-state index is -1.49. The molecule has 1 aliphatic rings. The van der Waals surface area contributed by atoms with Crippen LogP contribution in [0.2, 0.25) is 0 Å². The van der Waals surface area contributed by atoms with Crippen molar-refractivity contribution in [3.63, 3.8) is 0 Å². The van der Waals surface area contributed by atoms with Crippen molar-refractivity contribution < 1.29 is 13.5 Å². The van der Waals surface area contributed by atoms with Gasteiger partial charge in [0.15, 0.2) is 0 Å². The molecule has 0 spiro atoms. The fourth-order valence-corrected chi connectivity index (χ4v) is 5.16. The summed E-state index contributed by atoms with van der Waals surface area (Å²) in [6.07, 6.45) is 3.60. The van der Waals surface area contributed by atoms with Gasteiger partial charge in [-0.2, -0.15) is 0 Å². The molecular weight excluding hydrogens is 220 g/mol. The Morgan fingerprint density at radius 2 is 2.07 bits per heavy atom. The van der Waals surface area contributed by atoms with Gasteiger partial charge in [-0.1, -0.05) is 12.2 Å². The van der Waals surface area contributed by atoms with E-state index in [9.17, 15) is 13.5 Å². The summed E-state index contributed by atoms with van der Waals surface area (Å²) in [4.78, 5) is 0. The lowest BCUT2D eigenvalue weighted by Crippen LogP contribution is -2.42. The first-order valence-corrected chi connectivity index (χ1v) is 6.95. The average Bonchev–Trinajstić information content (AvgIpc) is 2.15. The monoisotopic (exact) mass is 234 g/mol. The quantitative estimate of drug-likeness (QED) is 0.724. The Labute approximate surface area is 88.8 Å². The highest BCUT2D eigenvalue weighted by atomic mass is 32.2. The average molecular weight is 234 g/mol. The maximum atomic E-state index is 11.6. The summed E-state index contributed by atoms with van der Waals surface area (Å²) in [5, 5.41) is 9.66. The number of allylic oxidation sites excluding steroid dienone is 1. The van der Waals surface area contributed by atoms with Gasteiger partial charge in [0.05, 0.1) is 10.8 Å². The highest BCUT2D eigenvalue weighted by Gasteiger charge is 2.38. The Hall–Kier alpha value is -0.260. The van der Waals surface area contributed by atoms with E-state index in [1.165, 1.54) is 6.08 Å². The molecule has 0 bridgehead atoms. The summed E-state index contributed by atoms with van der Waals surface area (Å²) in [5.41, 5.74) is -0.909. The molecule has 0 amide bonds. The van der Waals surface area contributed by atoms with Crippen molar-refractivity contribution in [2.45, 2.75) is 16.4 Å². The Morgan fingerprint density at radius 3 is 2.57 bits per heavy atom. The zero-order chi connectivity index (χ0) is 10.7. The molecule has 5 unspecified atom stereocenters. The van der Waals surface area contributed by atoms with Crippen LogP contribution in [0.1, 0.15) is 6.42 Å². The van der Waals surface area contributed by atoms with Gasteiger partial charge in [0.1, 0.15) is 10.0 Å². The van der Waals surface area contributed by atoms with Crippen LogP contribution in [-0.4, -0.2) is 29.3 Å². The van der Waals surface area contributed by atoms with E-state index in [0.717, 1.165) is 0 Å². The maximum absolute atomic E-state index is 11.6. The van der Waals surface area contributed by atoms with Gasteiger partial charge < -0.3 is 5.11 Å². The van der Waals surface area contributed by atoms with Crippen molar-refractivity contribution in [1.82, 2.24) is 0 Å². The summed E-state index contributed by atoms with van der Waals surface area (Å²) < 4.78 is 22.6. The highest BCUT2D eigenvalue weighted by Crippen LogP contribution is 2.25. The largest absolute Gasteiger partial charge is 0.379 e. The highest BCUT2D eigenvalue weighted by molar-refractivity contribution is 8.04. The lowest BCUT2D eigenvalue weighted by Gasteiger charge is -2.29. The smallest absolute Gasteiger partial charge is 0.134 e. The SMILES string of the molecule is C=CCC1CS(=O)C(C=C)S(=O)C1O. The third kappa shape index (κ3) is 2.21. The molecule has 1 rings (SSSR count). The van der Waals surface area contributed by atoms with Crippen LogP contribution in [0.3, 0.4) is 0 Å². The van der Waals surface area contributed by atoms with E-state index in [-0.39, 0.29) is 5.92 Å². The van der Waals surface area contributed by atoms with Crippen LogP contribution in [-0.2, 0) is 21.6 Å². The predicted molar refractivity (Wildman–Crippen MR) is 59.4 cm³/mol. The number of hydrogen-bond donors (Lipinski definition) is 1. The molecule has 0 aromatic heterocycles. The Bertz CT molecular complexity index is 288. The van der Waals surface area contributed by atoms with Gasteiger partial charge in [-0.15, -0.1) is 13.2 Å². The molecule has 1 fully saturated rings. The molecule has 0 aliphatic carbocycles. The van der Waals surface area contributed by atoms with Crippen LogP contribution in [0.4, 0.5) is 0 Å². The van der Waals surface area contributed by atoms with E-state index >= 15 is 0 Å². The molecule has 80 valence electrons. The minimum absolute atomic E-state index is 0.203. The number of rotatable bonds is 3. The summed E-state index contributed by atoms with van der Waals surface area (Å²) in [6, 6.07) is 0. The standard InChI is InChI=1S/C9H14O3S2/c1-3-5-7-6-13(11)8(4-2)14(12)9(7)10/h3-4,7-10H,1-2,5-6H2. The minimum Gasteiger partial charge on any atom is -0.379 e. The van der Waals surface area contributed by atoms with E-state index in [4.69, 9.17) is 0 Å². The first-order valence-electron chi connectivity index (χ1n) is 4.30. The second-order valence-electron chi connectivity index (χ2n) is 3.16. The molecule has 14 heavy (non-hydrogen) atoms. The van der Waals surface area contributed by atoms with Crippen LogP contribution in [0.5, 0.6) is 0 Å². The molecular formula is C9H14O3S2. The van der Waals surface area contributed by atoms with Crippen molar-refractivity contribution in [3.05, 3.63) is 25.3 Å². The fourth-order valence-electron chi connectivity index (χ4n) is 1.42. The molecule has 0 aromatic rings. The lowest BCUT2D eigenvalue weighted by molar-refractivity contribution is 0.197. The normalized spacial score (nSPS) is 43.1. The fraction of sp³-hybridized carbons (Fsp3) is 0.556. The van der Waals surface area contributed by atoms with Crippen LogP contribution in [0, 0.1) is 5.92 Å². The molecule has 3 nitrogen and oxygen atoms in total. The van der Waals surface area contributed by atoms with Crippen molar-refractivity contribution in [3.8, 4) is 0 Å². The molecule has 0 radical (unpaired) electrons. The van der Waals surface area contributed by atoms with E-state index in [2.05, 4.69) is 13.2 Å². The summed E-state index contributed by atoms with van der Waals surface area (Å²) >= 11 is 0. The number of aliphatic hydroxyl groups is 1. The molecule has 1 heterocycles. The molecule has 1 N–H and O–H groups in total. The molecule has 1 saturated heterocycles. The molecule has 0 saturated carbocycles. The van der Waals surface area contributed by atoms with Gasteiger partial charge in [0, 0.05) is 22.5 Å². The van der Waals surface area contributed by atoms with Gasteiger partial charge in [-0.25, -0.2) is 0 Å². The van der Waals surface area contributed by atoms with Crippen molar-refractivity contribution >= 4 is 21.6 Å². The van der Waals surface area contributed by atoms with Gasteiger partial charge in [0.25, 0.3) is 0 Å². The molecule has 5 heteroatoms. The predicted octanol–water partition coefficient (Wildman–Crippen LogP) is 0.520. The van der Waals surface area contributed by atoms with Gasteiger partial charge >= 0.3 is 0 Å². The van der Waals surface area contributed by atoms with E-state index in [0.29, 0.717) is 12.2 Å². The lowest BCUT2D eigenvalue weighted by atomic mass is 10.1. The second kappa shape index (κ2) is 5.00. The zero-order valence-corrected chi connectivity index (χ0v) is 9.43. The van der Waals surface area contributed by atoms with Gasteiger partial charge in [-0.05, 0) is 6.42 Å². The van der Waals surface area contributed by atoms with Crippen molar-refractivity contribution in [1.29, 1.82) is 0 Å². The summed E-state index contributed by atoms with van der Waals surface area (Å²) in [6.45, 7) is 7.02. The van der Waals surface area contributed by atoms with E-state index < -0.39 is 31.6 Å². The Kier molecular flexibility index (Phi) is 4.22. The summed E-state index contributed by atoms with van der Waals surface area (Å²) in [7, 11) is -2.68. The van der Waals surface area contributed by atoms with Gasteiger partial charge in [0.2, 0.25) is 0 Å². The first-order chi connectivity index (χ1) is 6.61. The maximum Gasteiger partial charge on any atom is 0.134 e. The number of hydrogen-bond acceptors (Lipinski definition) is 3. The van der Waals surface area contributed by atoms with Crippen molar-refractivity contribution in [2.24, 2.45) is 5.92 Å². The van der Waals surface area contributed by atoms with E-state index in [1.54, 1.807) is 6.08 Å². The van der Waals surface area contributed by atoms with E-state index in [1.807, 2.05) is 0 Å². The zero-order valence-electron chi connectivity index (χ0n) is 7.80.